The first-order valence-electron chi connectivity index (χ1n) is 5.75. The van der Waals surface area contributed by atoms with E-state index in [1.807, 2.05) is 0 Å². The number of hydrogen-bond acceptors (Lipinski definition) is 4. The Bertz CT molecular complexity index is 551. The van der Waals surface area contributed by atoms with Crippen LogP contribution in [0, 0.1) is 10.1 Å². The lowest BCUT2D eigenvalue weighted by atomic mass is 9.76. The van der Waals surface area contributed by atoms with Gasteiger partial charge in [0.25, 0.3) is 11.6 Å². The van der Waals surface area contributed by atoms with Gasteiger partial charge in [0.2, 0.25) is 0 Å². The maximum absolute atomic E-state index is 11.9. The summed E-state index contributed by atoms with van der Waals surface area (Å²) in [5, 5.41) is 22.2. The van der Waals surface area contributed by atoms with Crippen LogP contribution in [0.25, 0.3) is 0 Å². The van der Waals surface area contributed by atoms with Crippen molar-refractivity contribution >= 4 is 17.6 Å². The molecule has 0 spiro atoms. The van der Waals surface area contributed by atoms with Gasteiger partial charge in [-0.15, -0.1) is 0 Å². The molecule has 0 radical (unpaired) electrons. The van der Waals surface area contributed by atoms with Crippen molar-refractivity contribution in [1.29, 1.82) is 0 Å². The molecule has 1 fully saturated rings. The Kier molecular flexibility index (Phi) is 3.20. The smallest absolute Gasteiger partial charge is 0.329 e. The van der Waals surface area contributed by atoms with Gasteiger partial charge in [-0.1, -0.05) is 6.07 Å². The highest BCUT2D eigenvalue weighted by atomic mass is 16.6. The van der Waals surface area contributed by atoms with Crippen LogP contribution in [0.3, 0.4) is 0 Å². The second kappa shape index (κ2) is 4.68. The van der Waals surface area contributed by atoms with E-state index in [0.717, 1.165) is 12.5 Å². The van der Waals surface area contributed by atoms with Gasteiger partial charge in [0.1, 0.15) is 5.54 Å². The number of nitrogens with one attached hydrogen (secondary N) is 1. The van der Waals surface area contributed by atoms with Crippen LogP contribution in [-0.4, -0.2) is 27.4 Å². The number of non-ortho nitro benzene ring substituents is 1. The van der Waals surface area contributed by atoms with E-state index in [-0.39, 0.29) is 11.3 Å². The third-order valence-electron chi connectivity index (χ3n) is 3.29. The lowest BCUT2D eigenvalue weighted by Crippen LogP contribution is -2.59. The number of carbonyl (C=O) groups excluding carboxylic acids is 1. The van der Waals surface area contributed by atoms with Crippen molar-refractivity contribution < 1.29 is 19.6 Å². The van der Waals surface area contributed by atoms with Crippen molar-refractivity contribution in [3.05, 3.63) is 39.9 Å². The molecule has 7 nitrogen and oxygen atoms in total. The zero-order chi connectivity index (χ0) is 14.0. The molecule has 1 aromatic rings. The summed E-state index contributed by atoms with van der Waals surface area (Å²) in [6.45, 7) is 0. The molecular formula is C12H12N2O5. The van der Waals surface area contributed by atoms with Crippen molar-refractivity contribution in [2.45, 2.75) is 24.8 Å². The topological polar surface area (TPSA) is 110 Å². The van der Waals surface area contributed by atoms with E-state index in [1.54, 1.807) is 0 Å². The number of carboxylic acid groups (broad SMARTS) is 1. The number of rotatable bonds is 4. The molecule has 1 saturated carbocycles. The molecule has 19 heavy (non-hydrogen) atoms. The van der Waals surface area contributed by atoms with Gasteiger partial charge in [0, 0.05) is 17.7 Å². The van der Waals surface area contributed by atoms with Crippen LogP contribution < -0.4 is 5.32 Å². The maximum atomic E-state index is 11.9. The Labute approximate surface area is 108 Å². The number of hydrogen-bond donors (Lipinski definition) is 2. The van der Waals surface area contributed by atoms with Gasteiger partial charge in [0.15, 0.2) is 0 Å². The standard InChI is InChI=1S/C12H12N2O5/c15-10(13-12(11(16)17)5-2-6-12)8-3-1-4-9(7-8)14(18)19/h1,3-4,7H,2,5-6H2,(H,13,15)(H,16,17). The molecule has 7 heteroatoms. The van der Waals surface area contributed by atoms with Crippen LogP contribution >= 0.6 is 0 Å². The minimum Gasteiger partial charge on any atom is -0.480 e. The molecule has 0 aliphatic heterocycles. The maximum Gasteiger partial charge on any atom is 0.329 e. The Morgan fingerprint density at radius 3 is 2.53 bits per heavy atom. The first-order valence-corrected chi connectivity index (χ1v) is 5.75. The molecule has 1 aliphatic rings. The normalized spacial score (nSPS) is 16.2. The van der Waals surface area contributed by atoms with Gasteiger partial charge in [-0.05, 0) is 25.3 Å². The van der Waals surface area contributed by atoms with Gasteiger partial charge in [-0.2, -0.15) is 0 Å². The Morgan fingerprint density at radius 2 is 2.05 bits per heavy atom. The molecule has 2 rings (SSSR count). The molecule has 2 N–H and O–H groups in total. The number of nitro groups is 1. The average molecular weight is 264 g/mol. The number of amides is 1. The fourth-order valence-corrected chi connectivity index (χ4v) is 1.97. The molecule has 1 aromatic carbocycles. The van der Waals surface area contributed by atoms with E-state index in [1.165, 1.54) is 18.2 Å². The number of benzene rings is 1. The van der Waals surface area contributed by atoms with Crippen molar-refractivity contribution in [3.63, 3.8) is 0 Å². The van der Waals surface area contributed by atoms with Gasteiger partial charge in [-0.25, -0.2) is 4.79 Å². The Balaban J connectivity index is 2.18. The van der Waals surface area contributed by atoms with Crippen LogP contribution in [0.4, 0.5) is 5.69 Å². The van der Waals surface area contributed by atoms with Crippen LogP contribution in [0.5, 0.6) is 0 Å². The zero-order valence-electron chi connectivity index (χ0n) is 9.96. The van der Waals surface area contributed by atoms with Crippen LogP contribution in [-0.2, 0) is 4.79 Å². The molecule has 1 amide bonds. The number of nitro benzene ring substituents is 1. The first kappa shape index (κ1) is 13.0. The van der Waals surface area contributed by atoms with Crippen molar-refractivity contribution in [2.75, 3.05) is 0 Å². The number of carboxylic acids is 1. The second-order valence-corrected chi connectivity index (χ2v) is 4.50. The number of nitrogens with zero attached hydrogens (tertiary/aromatic N) is 1. The van der Waals surface area contributed by atoms with Gasteiger partial charge in [-0.3, -0.25) is 14.9 Å². The molecule has 1 aliphatic carbocycles. The fourth-order valence-electron chi connectivity index (χ4n) is 1.97. The van der Waals surface area contributed by atoms with E-state index in [0.29, 0.717) is 12.8 Å². The summed E-state index contributed by atoms with van der Waals surface area (Å²) >= 11 is 0. The summed E-state index contributed by atoms with van der Waals surface area (Å²) < 4.78 is 0. The highest BCUT2D eigenvalue weighted by molar-refractivity contribution is 5.98. The Hall–Kier alpha value is -2.44. The van der Waals surface area contributed by atoms with Crippen LogP contribution in [0.2, 0.25) is 0 Å². The molecule has 0 heterocycles. The molecule has 0 atom stereocenters. The van der Waals surface area contributed by atoms with Gasteiger partial charge < -0.3 is 10.4 Å². The van der Waals surface area contributed by atoms with Crippen LogP contribution in [0.1, 0.15) is 29.6 Å². The third kappa shape index (κ3) is 2.40. The van der Waals surface area contributed by atoms with E-state index in [4.69, 9.17) is 5.11 Å². The predicted molar refractivity (Wildman–Crippen MR) is 64.8 cm³/mol. The largest absolute Gasteiger partial charge is 0.480 e. The lowest BCUT2D eigenvalue weighted by Gasteiger charge is -2.38. The summed E-state index contributed by atoms with van der Waals surface area (Å²) in [6.07, 6.45) is 1.49. The predicted octanol–water partition coefficient (Wildman–Crippen LogP) is 1.33. The lowest BCUT2D eigenvalue weighted by molar-refractivity contribution is -0.384. The SMILES string of the molecule is O=C(NC1(C(=O)O)CCC1)c1cccc([N+](=O)[O-])c1. The first-order chi connectivity index (χ1) is 8.94. The summed E-state index contributed by atoms with van der Waals surface area (Å²) in [6, 6.07) is 5.20. The van der Waals surface area contributed by atoms with E-state index in [2.05, 4.69) is 5.32 Å². The highest BCUT2D eigenvalue weighted by Crippen LogP contribution is 2.32. The molecule has 0 unspecified atom stereocenters. The van der Waals surface area contributed by atoms with Crippen molar-refractivity contribution in [1.82, 2.24) is 5.32 Å². The fraction of sp³-hybridized carbons (Fsp3) is 0.333. The molecule has 0 aromatic heterocycles. The number of aliphatic carboxylic acids is 1. The minimum atomic E-state index is -1.22. The molecule has 0 saturated heterocycles. The van der Waals surface area contributed by atoms with E-state index in [9.17, 15) is 19.7 Å². The summed E-state index contributed by atoms with van der Waals surface area (Å²) in [4.78, 5) is 33.1. The van der Waals surface area contributed by atoms with Gasteiger partial charge >= 0.3 is 5.97 Å². The quantitative estimate of drug-likeness (QED) is 0.629. The molecule has 100 valence electrons. The number of carbonyl (C=O) groups is 2. The summed E-state index contributed by atoms with van der Waals surface area (Å²) in [5.41, 5.74) is -1.34. The third-order valence-corrected chi connectivity index (χ3v) is 3.29. The summed E-state index contributed by atoms with van der Waals surface area (Å²) in [7, 11) is 0. The summed E-state index contributed by atoms with van der Waals surface area (Å²) in [5.74, 6) is -1.68. The zero-order valence-corrected chi connectivity index (χ0v) is 9.96. The minimum absolute atomic E-state index is 0.0849. The van der Waals surface area contributed by atoms with Crippen molar-refractivity contribution in [3.8, 4) is 0 Å². The van der Waals surface area contributed by atoms with Crippen molar-refractivity contribution in [2.24, 2.45) is 0 Å². The Morgan fingerprint density at radius 1 is 1.37 bits per heavy atom. The molecule has 0 bridgehead atoms. The van der Waals surface area contributed by atoms with Gasteiger partial charge in [0.05, 0.1) is 4.92 Å². The van der Waals surface area contributed by atoms with E-state index < -0.39 is 22.3 Å². The monoisotopic (exact) mass is 264 g/mol. The highest BCUT2D eigenvalue weighted by Gasteiger charge is 2.45. The van der Waals surface area contributed by atoms with E-state index >= 15 is 0 Å². The molecular weight excluding hydrogens is 252 g/mol. The second-order valence-electron chi connectivity index (χ2n) is 4.50. The average Bonchev–Trinajstić information content (AvgIpc) is 2.33. The van der Waals surface area contributed by atoms with Crippen LogP contribution in [0.15, 0.2) is 24.3 Å².